The van der Waals surface area contributed by atoms with Crippen molar-refractivity contribution in [3.63, 3.8) is 0 Å². The average molecular weight is 413 g/mol. The highest BCUT2D eigenvalue weighted by Crippen LogP contribution is 2.30. The second kappa shape index (κ2) is 9.49. The molecule has 0 aliphatic heterocycles. The summed E-state index contributed by atoms with van der Waals surface area (Å²) in [5, 5.41) is 0.458. The van der Waals surface area contributed by atoms with E-state index < -0.39 is 0 Å². The molecule has 0 aliphatic rings. The summed E-state index contributed by atoms with van der Waals surface area (Å²) >= 11 is 0. The second-order valence-electron chi connectivity index (χ2n) is 6.73. The minimum absolute atomic E-state index is 0.210. The number of nitrogens with one attached hydrogen (secondary N) is 1. The quantitative estimate of drug-likeness (QED) is 0.577. The Kier molecular flexibility index (Phi) is 6.79. The molecule has 0 unspecified atom stereocenters. The Hall–Kier alpha value is -3.26. The van der Waals surface area contributed by atoms with E-state index in [9.17, 15) is 4.79 Å². The molecule has 1 aromatic heterocycles. The van der Waals surface area contributed by atoms with Crippen LogP contribution in [-0.2, 0) is 13.1 Å². The van der Waals surface area contributed by atoms with Crippen LogP contribution in [0.2, 0.25) is 0 Å². The summed E-state index contributed by atoms with van der Waals surface area (Å²) in [5.41, 5.74) is 1.43. The summed E-state index contributed by atoms with van der Waals surface area (Å²) in [6.45, 7) is 4.00. The van der Waals surface area contributed by atoms with Gasteiger partial charge in [-0.1, -0.05) is 13.0 Å². The summed E-state index contributed by atoms with van der Waals surface area (Å²) < 4.78 is 21.3. The largest absolute Gasteiger partial charge is 0.493 e. The minimum atomic E-state index is -0.210. The van der Waals surface area contributed by atoms with Crippen LogP contribution in [0.3, 0.4) is 0 Å². The van der Waals surface area contributed by atoms with Crippen molar-refractivity contribution in [1.29, 1.82) is 0 Å². The molecule has 0 radical (unpaired) electrons. The fourth-order valence-corrected chi connectivity index (χ4v) is 3.32. The molecule has 3 rings (SSSR count). The number of aromatic amines is 1. The molecular weight excluding hydrogens is 386 g/mol. The van der Waals surface area contributed by atoms with E-state index in [0.29, 0.717) is 52.8 Å². The molecule has 0 fully saturated rings. The summed E-state index contributed by atoms with van der Waals surface area (Å²) in [5.74, 6) is 2.99. The molecule has 0 aliphatic carbocycles. The van der Waals surface area contributed by atoms with Gasteiger partial charge in [0.25, 0.3) is 5.56 Å². The van der Waals surface area contributed by atoms with E-state index in [4.69, 9.17) is 18.9 Å². The molecule has 0 atom stereocenters. The molecule has 0 saturated carbocycles. The number of ether oxygens (including phenoxy) is 4. The monoisotopic (exact) mass is 413 g/mol. The zero-order valence-electron chi connectivity index (χ0n) is 17.9. The van der Waals surface area contributed by atoms with Crippen LogP contribution < -0.4 is 24.5 Å². The minimum Gasteiger partial charge on any atom is -0.493 e. The third-order valence-electron chi connectivity index (χ3n) is 4.93. The molecule has 3 aromatic rings. The van der Waals surface area contributed by atoms with Crippen LogP contribution in [0.5, 0.6) is 23.0 Å². The SMILES string of the molecule is CCN(Cc1ccc(OC)c(OC)c1)Cc1nc2cc(OC)c(OC)cc2c(=O)[nH]1. The van der Waals surface area contributed by atoms with Crippen molar-refractivity contribution in [3.05, 3.63) is 52.1 Å². The van der Waals surface area contributed by atoms with Crippen LogP contribution in [0.25, 0.3) is 10.9 Å². The van der Waals surface area contributed by atoms with E-state index in [0.717, 1.165) is 12.1 Å². The molecule has 8 nitrogen and oxygen atoms in total. The van der Waals surface area contributed by atoms with Crippen molar-refractivity contribution in [1.82, 2.24) is 14.9 Å². The Bertz CT molecular complexity index is 1080. The van der Waals surface area contributed by atoms with Gasteiger partial charge in [-0.15, -0.1) is 0 Å². The van der Waals surface area contributed by atoms with Gasteiger partial charge in [-0.05, 0) is 30.3 Å². The second-order valence-corrected chi connectivity index (χ2v) is 6.73. The fraction of sp³-hybridized carbons (Fsp3) is 0.364. The molecule has 0 amide bonds. The maximum atomic E-state index is 12.6. The molecule has 0 saturated heterocycles. The lowest BCUT2D eigenvalue weighted by atomic mass is 10.2. The van der Waals surface area contributed by atoms with Crippen LogP contribution in [0.15, 0.2) is 35.1 Å². The van der Waals surface area contributed by atoms with Crippen molar-refractivity contribution >= 4 is 10.9 Å². The Labute approximate surface area is 175 Å². The number of fused-ring (bicyclic) bond motifs is 1. The van der Waals surface area contributed by atoms with Gasteiger partial charge < -0.3 is 23.9 Å². The van der Waals surface area contributed by atoms with E-state index in [1.54, 1.807) is 33.5 Å². The first-order chi connectivity index (χ1) is 14.5. The summed E-state index contributed by atoms with van der Waals surface area (Å²) in [4.78, 5) is 22.3. The molecule has 1 N–H and O–H groups in total. The number of rotatable bonds is 9. The smallest absolute Gasteiger partial charge is 0.258 e. The van der Waals surface area contributed by atoms with Crippen LogP contribution in [0.1, 0.15) is 18.3 Å². The van der Waals surface area contributed by atoms with Crippen LogP contribution in [0, 0.1) is 0 Å². The van der Waals surface area contributed by atoms with Crippen molar-refractivity contribution in [2.75, 3.05) is 35.0 Å². The third kappa shape index (κ3) is 4.49. The van der Waals surface area contributed by atoms with Crippen molar-refractivity contribution < 1.29 is 18.9 Å². The first-order valence-corrected chi connectivity index (χ1v) is 9.61. The predicted octanol–water partition coefficient (Wildman–Crippen LogP) is 2.98. The van der Waals surface area contributed by atoms with Gasteiger partial charge in [0, 0.05) is 12.6 Å². The van der Waals surface area contributed by atoms with Gasteiger partial charge in [-0.25, -0.2) is 4.98 Å². The van der Waals surface area contributed by atoms with Crippen molar-refractivity contribution in [2.45, 2.75) is 20.0 Å². The Morgan fingerprint density at radius 2 is 1.50 bits per heavy atom. The van der Waals surface area contributed by atoms with Gasteiger partial charge in [0.2, 0.25) is 0 Å². The molecule has 8 heteroatoms. The van der Waals surface area contributed by atoms with E-state index in [1.807, 2.05) is 18.2 Å². The van der Waals surface area contributed by atoms with Crippen LogP contribution in [-0.4, -0.2) is 49.9 Å². The van der Waals surface area contributed by atoms with Gasteiger partial charge in [0.1, 0.15) is 5.82 Å². The number of hydrogen-bond donors (Lipinski definition) is 1. The lowest BCUT2D eigenvalue weighted by molar-refractivity contribution is 0.263. The highest BCUT2D eigenvalue weighted by atomic mass is 16.5. The van der Waals surface area contributed by atoms with Gasteiger partial charge in [0.05, 0.1) is 45.9 Å². The van der Waals surface area contributed by atoms with E-state index in [1.165, 1.54) is 7.11 Å². The van der Waals surface area contributed by atoms with E-state index >= 15 is 0 Å². The van der Waals surface area contributed by atoms with Gasteiger partial charge >= 0.3 is 0 Å². The molecule has 160 valence electrons. The van der Waals surface area contributed by atoms with Crippen molar-refractivity contribution in [2.24, 2.45) is 0 Å². The van der Waals surface area contributed by atoms with Crippen LogP contribution in [0.4, 0.5) is 0 Å². The maximum absolute atomic E-state index is 12.6. The zero-order chi connectivity index (χ0) is 21.7. The molecule has 30 heavy (non-hydrogen) atoms. The Morgan fingerprint density at radius 1 is 0.867 bits per heavy atom. The summed E-state index contributed by atoms with van der Waals surface area (Å²) in [6.07, 6.45) is 0. The Balaban J connectivity index is 1.87. The van der Waals surface area contributed by atoms with Gasteiger partial charge in [-0.2, -0.15) is 0 Å². The lowest BCUT2D eigenvalue weighted by Crippen LogP contribution is -2.25. The summed E-state index contributed by atoms with van der Waals surface area (Å²) in [7, 11) is 6.32. The highest BCUT2D eigenvalue weighted by Gasteiger charge is 2.14. The first kappa shape index (κ1) is 21.4. The normalized spacial score (nSPS) is 11.0. The van der Waals surface area contributed by atoms with Crippen molar-refractivity contribution in [3.8, 4) is 23.0 Å². The highest BCUT2D eigenvalue weighted by molar-refractivity contribution is 5.81. The number of benzene rings is 2. The number of nitrogens with zero attached hydrogens (tertiary/aromatic N) is 2. The molecule has 0 spiro atoms. The predicted molar refractivity (Wildman–Crippen MR) is 115 cm³/mol. The standard InChI is InChI=1S/C22H27N3O5/c1-6-25(12-14-7-8-17(27-2)18(9-14)28-3)13-21-23-16-11-20(30-5)19(29-4)10-15(16)22(26)24-21/h7-11H,6,12-13H2,1-5H3,(H,23,24,26). The number of methoxy groups -OCH3 is 4. The third-order valence-corrected chi connectivity index (χ3v) is 4.93. The molecule has 0 bridgehead atoms. The fourth-order valence-electron chi connectivity index (χ4n) is 3.32. The number of aromatic nitrogens is 2. The lowest BCUT2D eigenvalue weighted by Gasteiger charge is -2.21. The van der Waals surface area contributed by atoms with Crippen LogP contribution >= 0.6 is 0 Å². The number of hydrogen-bond acceptors (Lipinski definition) is 7. The first-order valence-electron chi connectivity index (χ1n) is 9.61. The van der Waals surface area contributed by atoms with E-state index in [-0.39, 0.29) is 5.56 Å². The topological polar surface area (TPSA) is 85.9 Å². The maximum Gasteiger partial charge on any atom is 0.258 e. The molecular formula is C22H27N3O5. The average Bonchev–Trinajstić information content (AvgIpc) is 2.77. The van der Waals surface area contributed by atoms with Gasteiger partial charge in [-0.3, -0.25) is 9.69 Å². The Morgan fingerprint density at radius 3 is 2.13 bits per heavy atom. The molecule has 2 aromatic carbocycles. The zero-order valence-corrected chi connectivity index (χ0v) is 17.9. The molecule has 1 heterocycles. The summed E-state index contributed by atoms with van der Waals surface area (Å²) in [6, 6.07) is 9.20. The van der Waals surface area contributed by atoms with E-state index in [2.05, 4.69) is 21.8 Å². The number of H-pyrrole nitrogens is 1. The van der Waals surface area contributed by atoms with Gasteiger partial charge in [0.15, 0.2) is 23.0 Å².